The fourth-order valence-electron chi connectivity index (χ4n) is 4.41. The quantitative estimate of drug-likeness (QED) is 0.635. The molecule has 0 radical (unpaired) electrons. The number of likely N-dealkylation sites (tertiary alicyclic amines) is 1. The van der Waals surface area contributed by atoms with Crippen LogP contribution in [0.15, 0.2) is 34.1 Å². The molecule has 0 saturated carbocycles. The first-order chi connectivity index (χ1) is 15.4. The van der Waals surface area contributed by atoms with Crippen LogP contribution in [-0.4, -0.2) is 54.8 Å². The maximum atomic E-state index is 13.0. The van der Waals surface area contributed by atoms with E-state index in [1.807, 2.05) is 30.0 Å². The van der Waals surface area contributed by atoms with E-state index in [1.165, 1.54) is 11.3 Å². The molecule has 3 N–H and O–H groups in total. The number of nitrogens with two attached hydrogens (primary N) is 1. The lowest BCUT2D eigenvalue weighted by Crippen LogP contribution is -2.42. The Labute approximate surface area is 200 Å². The minimum absolute atomic E-state index is 0.0206. The number of carbonyl (C=O) groups is 3. The number of hydrogen-bond acceptors (Lipinski definition) is 5. The zero-order chi connectivity index (χ0) is 22.8. The van der Waals surface area contributed by atoms with E-state index in [1.54, 1.807) is 17.0 Å². The highest BCUT2D eigenvalue weighted by molar-refractivity contribution is 9.11. The summed E-state index contributed by atoms with van der Waals surface area (Å²) < 4.78 is 0.889. The van der Waals surface area contributed by atoms with E-state index < -0.39 is 0 Å². The second kappa shape index (κ2) is 9.72. The van der Waals surface area contributed by atoms with Crippen molar-refractivity contribution in [3.8, 4) is 0 Å². The lowest BCUT2D eigenvalue weighted by Gasteiger charge is -2.32. The number of nitrogens with zero attached hydrogens (tertiary/aromatic N) is 2. The Kier molecular flexibility index (Phi) is 6.97. The summed E-state index contributed by atoms with van der Waals surface area (Å²) in [6.07, 6.45) is 2.30. The third-order valence-electron chi connectivity index (χ3n) is 6.15. The van der Waals surface area contributed by atoms with E-state index >= 15 is 0 Å². The number of hydrogen-bond donors (Lipinski definition) is 2. The van der Waals surface area contributed by atoms with Crippen molar-refractivity contribution in [1.29, 1.82) is 0 Å². The molecule has 2 saturated heterocycles. The van der Waals surface area contributed by atoms with Gasteiger partial charge in [-0.2, -0.15) is 0 Å². The summed E-state index contributed by atoms with van der Waals surface area (Å²) >= 11 is 4.72. The van der Waals surface area contributed by atoms with Crippen molar-refractivity contribution in [2.45, 2.75) is 32.2 Å². The third kappa shape index (κ3) is 4.89. The lowest BCUT2D eigenvalue weighted by molar-refractivity contribution is -0.117. The second-order valence-corrected chi connectivity index (χ2v) is 10.9. The summed E-state index contributed by atoms with van der Waals surface area (Å²) in [6.45, 7) is 4.36. The van der Waals surface area contributed by atoms with E-state index in [2.05, 4.69) is 21.2 Å². The predicted octanol–water partition coefficient (Wildman–Crippen LogP) is 3.17. The first kappa shape index (κ1) is 22.9. The van der Waals surface area contributed by atoms with E-state index in [0.717, 1.165) is 34.4 Å². The average Bonchev–Trinajstić information content (AvgIpc) is 3.38. The van der Waals surface area contributed by atoms with Crippen LogP contribution >= 0.6 is 27.3 Å². The minimum Gasteiger partial charge on any atom is -0.346 e. The molecule has 2 aromatic rings. The summed E-state index contributed by atoms with van der Waals surface area (Å²) in [5.74, 6) is 0.168. The largest absolute Gasteiger partial charge is 0.346 e. The number of nitrogens with one attached hydrogen (secondary N) is 1. The maximum absolute atomic E-state index is 13.0. The molecule has 32 heavy (non-hydrogen) atoms. The molecule has 0 bridgehead atoms. The topological polar surface area (TPSA) is 95.7 Å². The van der Waals surface area contributed by atoms with Crippen molar-refractivity contribution in [2.24, 2.45) is 11.7 Å². The van der Waals surface area contributed by atoms with Crippen molar-refractivity contribution < 1.29 is 14.4 Å². The summed E-state index contributed by atoms with van der Waals surface area (Å²) in [7, 11) is 0. The predicted molar refractivity (Wildman–Crippen MR) is 129 cm³/mol. The van der Waals surface area contributed by atoms with E-state index in [9.17, 15) is 14.4 Å². The van der Waals surface area contributed by atoms with Crippen molar-refractivity contribution in [3.05, 3.63) is 50.1 Å². The van der Waals surface area contributed by atoms with Gasteiger partial charge in [-0.05, 0) is 84.1 Å². The number of halogens is 1. The summed E-state index contributed by atoms with van der Waals surface area (Å²) in [5.41, 5.74) is 8.05. The molecule has 2 aliphatic heterocycles. The fourth-order valence-corrected chi connectivity index (χ4v) is 5.70. The zero-order valence-corrected chi connectivity index (χ0v) is 20.4. The molecule has 2 unspecified atom stereocenters. The van der Waals surface area contributed by atoms with Crippen molar-refractivity contribution in [3.63, 3.8) is 0 Å². The number of benzene rings is 1. The van der Waals surface area contributed by atoms with Crippen LogP contribution in [0.3, 0.4) is 0 Å². The standard InChI is InChI=1S/C23H27BrN4O3S/c1-14-9-17(4-5-18(14)23(31)27-8-2-3-15(11-25)12-27)28-13-16(10-21(28)29)26-22(30)19-6-7-20(24)32-19/h4-7,9,15-16H,2-3,8,10-13,25H2,1H3,(H,26,30). The molecule has 1 aromatic heterocycles. The van der Waals surface area contributed by atoms with Gasteiger partial charge < -0.3 is 20.9 Å². The van der Waals surface area contributed by atoms with Crippen LogP contribution in [0.2, 0.25) is 0 Å². The molecular formula is C23H27BrN4O3S. The number of thiophene rings is 1. The number of amides is 3. The molecule has 2 atom stereocenters. The van der Waals surface area contributed by atoms with Gasteiger partial charge in [-0.1, -0.05) is 0 Å². The van der Waals surface area contributed by atoms with Gasteiger partial charge in [0.05, 0.1) is 14.7 Å². The van der Waals surface area contributed by atoms with Crippen LogP contribution < -0.4 is 16.0 Å². The molecule has 3 amide bonds. The Bertz CT molecular complexity index is 1040. The van der Waals surface area contributed by atoms with Crippen LogP contribution in [0.25, 0.3) is 0 Å². The molecule has 4 rings (SSSR count). The van der Waals surface area contributed by atoms with E-state index in [-0.39, 0.29) is 30.2 Å². The molecule has 9 heteroatoms. The van der Waals surface area contributed by atoms with E-state index in [0.29, 0.717) is 36.0 Å². The Morgan fingerprint density at radius 3 is 2.75 bits per heavy atom. The molecule has 2 fully saturated rings. The highest BCUT2D eigenvalue weighted by Gasteiger charge is 2.32. The van der Waals surface area contributed by atoms with Crippen LogP contribution in [0.1, 0.15) is 44.9 Å². The average molecular weight is 519 g/mol. The van der Waals surface area contributed by atoms with Crippen LogP contribution in [-0.2, 0) is 4.79 Å². The Balaban J connectivity index is 1.42. The van der Waals surface area contributed by atoms with Crippen LogP contribution in [0, 0.1) is 12.8 Å². The molecule has 1 aromatic carbocycles. The third-order valence-corrected chi connectivity index (χ3v) is 7.77. The molecule has 7 nitrogen and oxygen atoms in total. The Hall–Kier alpha value is -2.23. The number of piperidine rings is 1. The van der Waals surface area contributed by atoms with Gasteiger partial charge in [-0.25, -0.2) is 0 Å². The molecule has 2 aliphatic rings. The van der Waals surface area contributed by atoms with Gasteiger partial charge in [0.15, 0.2) is 0 Å². The number of anilines is 1. The Morgan fingerprint density at radius 2 is 2.06 bits per heavy atom. The summed E-state index contributed by atoms with van der Waals surface area (Å²) in [6, 6.07) is 8.85. The highest BCUT2D eigenvalue weighted by atomic mass is 79.9. The summed E-state index contributed by atoms with van der Waals surface area (Å²) in [5, 5.41) is 2.95. The first-order valence-corrected chi connectivity index (χ1v) is 12.4. The first-order valence-electron chi connectivity index (χ1n) is 10.8. The summed E-state index contributed by atoms with van der Waals surface area (Å²) in [4.78, 5) is 42.3. The van der Waals surface area contributed by atoms with Crippen LogP contribution in [0.5, 0.6) is 0 Å². The van der Waals surface area contributed by atoms with Crippen LogP contribution in [0.4, 0.5) is 5.69 Å². The number of aryl methyl sites for hydroxylation is 1. The van der Waals surface area contributed by atoms with Gasteiger partial charge in [-0.3, -0.25) is 14.4 Å². The van der Waals surface area contributed by atoms with Gasteiger partial charge in [0.25, 0.3) is 11.8 Å². The van der Waals surface area contributed by atoms with Crippen molar-refractivity contribution >= 4 is 50.7 Å². The molecule has 3 heterocycles. The molecule has 170 valence electrons. The zero-order valence-electron chi connectivity index (χ0n) is 18.0. The number of rotatable bonds is 5. The molecular weight excluding hydrogens is 492 g/mol. The van der Waals surface area contributed by atoms with Crippen molar-refractivity contribution in [2.75, 3.05) is 31.1 Å². The monoisotopic (exact) mass is 518 g/mol. The lowest BCUT2D eigenvalue weighted by atomic mass is 9.97. The van der Waals surface area contributed by atoms with Gasteiger partial charge in [0.1, 0.15) is 0 Å². The Morgan fingerprint density at radius 1 is 1.25 bits per heavy atom. The van der Waals surface area contributed by atoms with Gasteiger partial charge in [0, 0.05) is 37.3 Å². The maximum Gasteiger partial charge on any atom is 0.261 e. The molecule has 0 spiro atoms. The van der Waals surface area contributed by atoms with E-state index in [4.69, 9.17) is 5.73 Å². The van der Waals surface area contributed by atoms with Gasteiger partial charge in [0.2, 0.25) is 5.91 Å². The van der Waals surface area contributed by atoms with Crippen molar-refractivity contribution in [1.82, 2.24) is 10.2 Å². The number of carbonyl (C=O) groups excluding carboxylic acids is 3. The highest BCUT2D eigenvalue weighted by Crippen LogP contribution is 2.27. The fraction of sp³-hybridized carbons (Fsp3) is 0.435. The van der Waals surface area contributed by atoms with Gasteiger partial charge >= 0.3 is 0 Å². The minimum atomic E-state index is -0.251. The van der Waals surface area contributed by atoms with Gasteiger partial charge in [-0.15, -0.1) is 11.3 Å². The SMILES string of the molecule is Cc1cc(N2CC(NC(=O)c3ccc(Br)s3)CC2=O)ccc1C(=O)N1CCCC(CN)C1. The second-order valence-electron chi connectivity index (χ2n) is 8.48. The molecule has 0 aliphatic carbocycles. The smallest absolute Gasteiger partial charge is 0.261 e. The normalized spacial score (nSPS) is 21.2.